The average Bonchev–Trinajstić information content (AvgIpc) is 2.40. The number of carboxylic acids is 1. The molecule has 0 aromatic heterocycles. The van der Waals surface area contributed by atoms with Crippen molar-refractivity contribution in [3.05, 3.63) is 62.0 Å². The predicted octanol–water partition coefficient (Wildman–Crippen LogP) is 4.71. The number of carbonyl (C=O) groups excluding carboxylic acids is 1. The highest BCUT2D eigenvalue weighted by molar-refractivity contribution is 9.10. The van der Waals surface area contributed by atoms with E-state index in [9.17, 15) is 9.59 Å². The summed E-state index contributed by atoms with van der Waals surface area (Å²) >= 11 is 15.0. The van der Waals surface area contributed by atoms with Gasteiger partial charge in [-0.3, -0.25) is 4.79 Å². The maximum atomic E-state index is 12.2. The second kappa shape index (κ2) is 6.47. The summed E-state index contributed by atoms with van der Waals surface area (Å²) in [6.45, 7) is 0. The zero-order valence-electron chi connectivity index (χ0n) is 10.4. The molecule has 7 heteroatoms. The molecule has 2 aromatic rings. The van der Waals surface area contributed by atoms with Gasteiger partial charge in [0.15, 0.2) is 0 Å². The molecule has 2 aromatic carbocycles. The number of nitrogens with one attached hydrogen (secondary N) is 1. The van der Waals surface area contributed by atoms with Gasteiger partial charge in [0.1, 0.15) is 0 Å². The Hall–Kier alpha value is -1.56. The number of anilines is 1. The minimum absolute atomic E-state index is 0.0542. The lowest BCUT2D eigenvalue weighted by Crippen LogP contribution is -2.15. The molecule has 0 aliphatic rings. The van der Waals surface area contributed by atoms with E-state index in [1.807, 2.05) is 0 Å². The van der Waals surface area contributed by atoms with Crippen molar-refractivity contribution in [2.45, 2.75) is 0 Å². The first-order chi connectivity index (χ1) is 9.90. The predicted molar refractivity (Wildman–Crippen MR) is 85.5 cm³/mol. The normalized spacial score (nSPS) is 10.2. The molecule has 2 rings (SSSR count). The minimum Gasteiger partial charge on any atom is -0.478 e. The molecule has 0 atom stereocenters. The van der Waals surface area contributed by atoms with Crippen molar-refractivity contribution in [2.24, 2.45) is 0 Å². The van der Waals surface area contributed by atoms with Crippen LogP contribution in [0.4, 0.5) is 5.69 Å². The quantitative estimate of drug-likeness (QED) is 0.800. The molecule has 0 aliphatic carbocycles. The van der Waals surface area contributed by atoms with Crippen molar-refractivity contribution < 1.29 is 14.7 Å². The van der Waals surface area contributed by atoms with E-state index in [2.05, 4.69) is 21.2 Å². The summed E-state index contributed by atoms with van der Waals surface area (Å²) in [6.07, 6.45) is 0. The van der Waals surface area contributed by atoms with Crippen molar-refractivity contribution in [3.63, 3.8) is 0 Å². The van der Waals surface area contributed by atoms with Crippen molar-refractivity contribution in [2.75, 3.05) is 5.32 Å². The molecule has 0 saturated carbocycles. The molecule has 4 nitrogen and oxygen atoms in total. The fraction of sp³-hybridized carbons (Fsp3) is 0. The monoisotopic (exact) mass is 387 g/mol. The third kappa shape index (κ3) is 3.56. The molecule has 0 spiro atoms. The molecule has 21 heavy (non-hydrogen) atoms. The number of hydrogen-bond acceptors (Lipinski definition) is 2. The van der Waals surface area contributed by atoms with E-state index >= 15 is 0 Å². The Morgan fingerprint density at radius 3 is 2.43 bits per heavy atom. The Morgan fingerprint density at radius 1 is 1.10 bits per heavy atom. The van der Waals surface area contributed by atoms with E-state index in [0.29, 0.717) is 15.1 Å². The van der Waals surface area contributed by atoms with Gasteiger partial charge in [0.25, 0.3) is 5.91 Å². The first-order valence-corrected chi connectivity index (χ1v) is 7.23. The Morgan fingerprint density at radius 2 is 1.81 bits per heavy atom. The van der Waals surface area contributed by atoms with Gasteiger partial charge in [-0.25, -0.2) is 4.79 Å². The van der Waals surface area contributed by atoms with Gasteiger partial charge >= 0.3 is 5.97 Å². The molecule has 108 valence electrons. The topological polar surface area (TPSA) is 66.4 Å². The van der Waals surface area contributed by atoms with E-state index in [-0.39, 0.29) is 16.3 Å². The molecule has 0 radical (unpaired) electrons. The van der Waals surface area contributed by atoms with Gasteiger partial charge < -0.3 is 10.4 Å². The maximum absolute atomic E-state index is 12.2. The van der Waals surface area contributed by atoms with Crippen molar-refractivity contribution in [1.29, 1.82) is 0 Å². The van der Waals surface area contributed by atoms with Crippen LogP contribution in [0.3, 0.4) is 0 Å². The van der Waals surface area contributed by atoms with Gasteiger partial charge in [-0.15, -0.1) is 0 Å². The molecule has 0 unspecified atom stereocenters. The first-order valence-electron chi connectivity index (χ1n) is 5.68. The number of benzene rings is 2. The summed E-state index contributed by atoms with van der Waals surface area (Å²) in [7, 11) is 0. The van der Waals surface area contributed by atoms with Crippen LogP contribution in [0.15, 0.2) is 40.9 Å². The smallest absolute Gasteiger partial charge is 0.337 e. The zero-order chi connectivity index (χ0) is 15.6. The Labute approximate surface area is 138 Å². The van der Waals surface area contributed by atoms with Crippen LogP contribution in [0.2, 0.25) is 10.0 Å². The molecule has 1 amide bonds. The largest absolute Gasteiger partial charge is 0.478 e. The number of hydrogen-bond donors (Lipinski definition) is 2. The van der Waals surface area contributed by atoms with Gasteiger partial charge in [-0.2, -0.15) is 0 Å². The fourth-order valence-corrected chi connectivity index (χ4v) is 2.77. The van der Waals surface area contributed by atoms with Crippen LogP contribution in [-0.4, -0.2) is 17.0 Å². The van der Waals surface area contributed by atoms with Crippen LogP contribution in [0, 0.1) is 0 Å². The Balaban J connectivity index is 2.38. The maximum Gasteiger partial charge on any atom is 0.337 e. The third-order valence-electron chi connectivity index (χ3n) is 2.66. The van der Waals surface area contributed by atoms with Crippen LogP contribution in [0.1, 0.15) is 20.7 Å². The summed E-state index contributed by atoms with van der Waals surface area (Å²) in [5.74, 6) is -1.67. The third-order valence-corrected chi connectivity index (χ3v) is 3.86. The van der Waals surface area contributed by atoms with Gasteiger partial charge in [0.05, 0.1) is 21.8 Å². The van der Waals surface area contributed by atoms with E-state index in [1.54, 1.807) is 12.1 Å². The van der Waals surface area contributed by atoms with Crippen molar-refractivity contribution in [3.8, 4) is 0 Å². The summed E-state index contributed by atoms with van der Waals surface area (Å²) in [4.78, 5) is 23.4. The van der Waals surface area contributed by atoms with Crippen LogP contribution in [0.25, 0.3) is 0 Å². The zero-order valence-corrected chi connectivity index (χ0v) is 13.5. The van der Waals surface area contributed by atoms with Crippen molar-refractivity contribution >= 4 is 56.7 Å². The number of aromatic carboxylic acids is 1. The van der Waals surface area contributed by atoms with Crippen LogP contribution < -0.4 is 5.32 Å². The van der Waals surface area contributed by atoms with E-state index in [4.69, 9.17) is 28.3 Å². The molecular formula is C14H8BrCl2NO3. The SMILES string of the molecule is O=C(Nc1c(Cl)cccc1C(=O)O)c1ccc(Cl)cc1Br. The standard InChI is InChI=1S/C14H8BrCl2NO3/c15-10-6-7(16)4-5-8(10)13(19)18-12-9(14(20)21)2-1-3-11(12)17/h1-6H,(H,18,19)(H,20,21). The highest BCUT2D eigenvalue weighted by Crippen LogP contribution is 2.28. The minimum atomic E-state index is -1.18. The number of halogens is 3. The Bertz CT molecular complexity index is 734. The molecule has 0 saturated heterocycles. The number of carboxylic acid groups (broad SMARTS) is 1. The van der Waals surface area contributed by atoms with Crippen LogP contribution in [0.5, 0.6) is 0 Å². The van der Waals surface area contributed by atoms with Gasteiger partial charge in [0.2, 0.25) is 0 Å². The van der Waals surface area contributed by atoms with Gasteiger partial charge in [-0.1, -0.05) is 29.3 Å². The molecular weight excluding hydrogens is 381 g/mol. The first kappa shape index (κ1) is 15.8. The van der Waals surface area contributed by atoms with E-state index < -0.39 is 11.9 Å². The van der Waals surface area contributed by atoms with E-state index in [0.717, 1.165) is 0 Å². The molecule has 0 fully saturated rings. The number of amides is 1. The number of carbonyl (C=O) groups is 2. The number of para-hydroxylation sites is 1. The second-order valence-corrected chi connectivity index (χ2v) is 5.74. The Kier molecular flexibility index (Phi) is 4.88. The second-order valence-electron chi connectivity index (χ2n) is 4.05. The molecule has 2 N–H and O–H groups in total. The summed E-state index contributed by atoms with van der Waals surface area (Å²) < 4.78 is 0.497. The van der Waals surface area contributed by atoms with Gasteiger partial charge in [0, 0.05) is 9.50 Å². The summed E-state index contributed by atoms with van der Waals surface area (Å²) in [5.41, 5.74) is 0.287. The summed E-state index contributed by atoms with van der Waals surface area (Å²) in [6, 6.07) is 9.02. The summed E-state index contributed by atoms with van der Waals surface area (Å²) in [5, 5.41) is 12.3. The van der Waals surface area contributed by atoms with E-state index in [1.165, 1.54) is 24.3 Å². The number of rotatable bonds is 3. The highest BCUT2D eigenvalue weighted by atomic mass is 79.9. The fourth-order valence-electron chi connectivity index (χ4n) is 1.68. The molecule has 0 aliphatic heterocycles. The van der Waals surface area contributed by atoms with Crippen LogP contribution in [-0.2, 0) is 0 Å². The lowest BCUT2D eigenvalue weighted by Gasteiger charge is -2.11. The lowest BCUT2D eigenvalue weighted by atomic mass is 10.1. The average molecular weight is 389 g/mol. The highest BCUT2D eigenvalue weighted by Gasteiger charge is 2.17. The van der Waals surface area contributed by atoms with Crippen molar-refractivity contribution in [1.82, 2.24) is 0 Å². The van der Waals surface area contributed by atoms with Crippen LogP contribution >= 0.6 is 39.1 Å². The molecule has 0 bridgehead atoms. The van der Waals surface area contributed by atoms with Gasteiger partial charge in [-0.05, 0) is 46.3 Å². The molecule has 0 heterocycles. The lowest BCUT2D eigenvalue weighted by molar-refractivity contribution is 0.0698.